The highest BCUT2D eigenvalue weighted by atomic mass is 16.5. The topological polar surface area (TPSA) is 67.6 Å². The van der Waals surface area contributed by atoms with E-state index in [1.54, 1.807) is 0 Å². The highest BCUT2D eigenvalue weighted by Crippen LogP contribution is 2.18. The fourth-order valence-corrected chi connectivity index (χ4v) is 2.16. The predicted molar refractivity (Wildman–Crippen MR) is 69.4 cm³/mol. The number of hydrogen-bond acceptors (Lipinski definition) is 4. The quantitative estimate of drug-likeness (QED) is 0.718. The van der Waals surface area contributed by atoms with Gasteiger partial charge in [0.25, 0.3) is 0 Å². The standard InChI is InChI=1S/C14H12N4O/c1-10-8-11(17-19-10)9-18-13-5-3-2-4-12(13)16-14(18)6-7-15/h2-5,8H,6,9H2,1H3. The average Bonchev–Trinajstić information content (AvgIpc) is 2.96. The molecule has 2 heterocycles. The summed E-state index contributed by atoms with van der Waals surface area (Å²) in [6.07, 6.45) is 0.283. The molecule has 0 amide bonds. The molecule has 0 spiro atoms. The molecule has 3 aromatic rings. The first-order chi connectivity index (χ1) is 9.28. The zero-order valence-corrected chi connectivity index (χ0v) is 10.5. The minimum absolute atomic E-state index is 0.283. The predicted octanol–water partition coefficient (Wildman–Crippen LogP) is 2.45. The van der Waals surface area contributed by atoms with Gasteiger partial charge in [0.2, 0.25) is 0 Å². The number of rotatable bonds is 3. The fourth-order valence-electron chi connectivity index (χ4n) is 2.16. The van der Waals surface area contributed by atoms with Crippen LogP contribution >= 0.6 is 0 Å². The van der Waals surface area contributed by atoms with Crippen LogP contribution in [-0.2, 0) is 13.0 Å². The van der Waals surface area contributed by atoms with Gasteiger partial charge in [-0.15, -0.1) is 0 Å². The zero-order chi connectivity index (χ0) is 13.2. The monoisotopic (exact) mass is 252 g/mol. The molecule has 0 N–H and O–H groups in total. The summed E-state index contributed by atoms with van der Waals surface area (Å²) in [7, 11) is 0. The van der Waals surface area contributed by atoms with E-state index in [1.165, 1.54) is 0 Å². The number of benzene rings is 1. The van der Waals surface area contributed by atoms with Gasteiger partial charge in [-0.1, -0.05) is 17.3 Å². The second kappa shape index (κ2) is 4.58. The molecule has 2 aromatic heterocycles. The van der Waals surface area contributed by atoms with E-state index < -0.39 is 0 Å². The second-order valence-corrected chi connectivity index (χ2v) is 4.37. The number of nitriles is 1. The van der Waals surface area contributed by atoms with Gasteiger partial charge in [-0.25, -0.2) is 4.98 Å². The van der Waals surface area contributed by atoms with E-state index in [0.29, 0.717) is 6.54 Å². The molecule has 0 aliphatic carbocycles. The highest BCUT2D eigenvalue weighted by Gasteiger charge is 2.12. The van der Waals surface area contributed by atoms with Gasteiger partial charge in [0.15, 0.2) is 0 Å². The van der Waals surface area contributed by atoms with Crippen LogP contribution in [0.1, 0.15) is 17.3 Å². The summed E-state index contributed by atoms with van der Waals surface area (Å²) in [5, 5.41) is 12.9. The van der Waals surface area contributed by atoms with E-state index in [1.807, 2.05) is 41.8 Å². The molecule has 0 aliphatic heterocycles. The van der Waals surface area contributed by atoms with Crippen LogP contribution in [0.5, 0.6) is 0 Å². The van der Waals surface area contributed by atoms with Crippen molar-refractivity contribution in [1.29, 1.82) is 5.26 Å². The molecule has 0 saturated carbocycles. The van der Waals surface area contributed by atoms with Gasteiger partial charge >= 0.3 is 0 Å². The van der Waals surface area contributed by atoms with E-state index in [2.05, 4.69) is 16.2 Å². The number of nitrogens with zero attached hydrogens (tertiary/aromatic N) is 4. The first kappa shape index (κ1) is 11.5. The Hall–Kier alpha value is -2.61. The Morgan fingerprint density at radius 1 is 1.37 bits per heavy atom. The van der Waals surface area contributed by atoms with Crippen molar-refractivity contribution < 1.29 is 4.52 Å². The molecule has 5 nitrogen and oxygen atoms in total. The van der Waals surface area contributed by atoms with Crippen LogP contribution in [0.15, 0.2) is 34.9 Å². The number of fused-ring (bicyclic) bond motifs is 1. The van der Waals surface area contributed by atoms with Crippen molar-refractivity contribution in [3.05, 3.63) is 47.6 Å². The number of imidazole rings is 1. The number of hydrogen-bond donors (Lipinski definition) is 0. The summed E-state index contributed by atoms with van der Waals surface area (Å²) in [6.45, 7) is 2.42. The molecule has 0 bridgehead atoms. The summed E-state index contributed by atoms with van der Waals surface area (Å²) >= 11 is 0. The third kappa shape index (κ3) is 2.08. The lowest BCUT2D eigenvalue weighted by atomic mass is 10.3. The van der Waals surface area contributed by atoms with Crippen molar-refractivity contribution in [2.75, 3.05) is 0 Å². The van der Waals surface area contributed by atoms with Crippen LogP contribution in [0.3, 0.4) is 0 Å². The first-order valence-corrected chi connectivity index (χ1v) is 6.01. The number of aromatic nitrogens is 3. The third-order valence-corrected chi connectivity index (χ3v) is 2.97. The maximum Gasteiger partial charge on any atom is 0.133 e. The SMILES string of the molecule is Cc1cc(Cn2c(CC#N)nc3ccccc32)no1. The molecule has 0 fully saturated rings. The molecule has 0 aliphatic rings. The van der Waals surface area contributed by atoms with Crippen LogP contribution in [-0.4, -0.2) is 14.7 Å². The molecular formula is C14H12N4O. The van der Waals surface area contributed by atoms with E-state index in [4.69, 9.17) is 9.78 Å². The molecule has 0 radical (unpaired) electrons. The first-order valence-electron chi connectivity index (χ1n) is 6.01. The Kier molecular flexibility index (Phi) is 2.76. The molecule has 19 heavy (non-hydrogen) atoms. The summed E-state index contributed by atoms with van der Waals surface area (Å²) in [4.78, 5) is 4.49. The Bertz CT molecular complexity index is 763. The zero-order valence-electron chi connectivity index (χ0n) is 10.5. The van der Waals surface area contributed by atoms with E-state index >= 15 is 0 Å². The highest BCUT2D eigenvalue weighted by molar-refractivity contribution is 5.76. The Morgan fingerprint density at radius 3 is 2.95 bits per heavy atom. The molecular weight excluding hydrogens is 240 g/mol. The Labute approximate surface area is 110 Å². The largest absolute Gasteiger partial charge is 0.361 e. The van der Waals surface area contributed by atoms with E-state index in [-0.39, 0.29) is 6.42 Å². The fraction of sp³-hybridized carbons (Fsp3) is 0.214. The van der Waals surface area contributed by atoms with E-state index in [9.17, 15) is 0 Å². The molecule has 3 rings (SSSR count). The summed E-state index contributed by atoms with van der Waals surface area (Å²) in [5.41, 5.74) is 2.74. The van der Waals surface area contributed by atoms with Crippen molar-refractivity contribution >= 4 is 11.0 Å². The Morgan fingerprint density at radius 2 is 2.21 bits per heavy atom. The van der Waals surface area contributed by atoms with Crippen LogP contribution in [0.2, 0.25) is 0 Å². The van der Waals surface area contributed by atoms with Crippen molar-refractivity contribution in [3.8, 4) is 6.07 Å². The average molecular weight is 252 g/mol. The maximum atomic E-state index is 8.90. The van der Waals surface area contributed by atoms with Gasteiger partial charge in [-0.2, -0.15) is 5.26 Å². The molecule has 0 atom stereocenters. The van der Waals surface area contributed by atoms with Crippen LogP contribution in [0.4, 0.5) is 0 Å². The lowest BCUT2D eigenvalue weighted by Gasteiger charge is -2.04. The Balaban J connectivity index is 2.09. The van der Waals surface area contributed by atoms with Crippen LogP contribution in [0.25, 0.3) is 11.0 Å². The molecule has 0 unspecified atom stereocenters. The lowest BCUT2D eigenvalue weighted by Crippen LogP contribution is -2.05. The summed E-state index contributed by atoms with van der Waals surface area (Å²) in [5.74, 6) is 1.53. The smallest absolute Gasteiger partial charge is 0.133 e. The van der Waals surface area contributed by atoms with Crippen LogP contribution < -0.4 is 0 Å². The second-order valence-electron chi connectivity index (χ2n) is 4.37. The molecule has 94 valence electrons. The van der Waals surface area contributed by atoms with Crippen molar-refractivity contribution in [3.63, 3.8) is 0 Å². The van der Waals surface area contributed by atoms with E-state index in [0.717, 1.165) is 28.3 Å². The van der Waals surface area contributed by atoms with Gasteiger partial charge < -0.3 is 9.09 Å². The number of aryl methyl sites for hydroxylation is 1. The van der Waals surface area contributed by atoms with Gasteiger partial charge in [0.1, 0.15) is 17.3 Å². The minimum atomic E-state index is 0.283. The van der Waals surface area contributed by atoms with Gasteiger partial charge in [0.05, 0.1) is 30.1 Å². The van der Waals surface area contributed by atoms with Crippen molar-refractivity contribution in [2.45, 2.75) is 19.9 Å². The lowest BCUT2D eigenvalue weighted by molar-refractivity contribution is 0.389. The van der Waals surface area contributed by atoms with Crippen molar-refractivity contribution in [2.24, 2.45) is 0 Å². The minimum Gasteiger partial charge on any atom is -0.361 e. The number of para-hydroxylation sites is 2. The normalized spacial score (nSPS) is 10.7. The third-order valence-electron chi connectivity index (χ3n) is 2.97. The molecule has 0 saturated heterocycles. The van der Waals surface area contributed by atoms with Crippen LogP contribution in [0, 0.1) is 18.3 Å². The maximum absolute atomic E-state index is 8.90. The molecule has 5 heteroatoms. The van der Waals surface area contributed by atoms with Gasteiger partial charge in [-0.3, -0.25) is 0 Å². The molecule has 1 aromatic carbocycles. The summed E-state index contributed by atoms with van der Waals surface area (Å²) < 4.78 is 7.09. The van der Waals surface area contributed by atoms with Gasteiger partial charge in [-0.05, 0) is 19.1 Å². The van der Waals surface area contributed by atoms with Crippen molar-refractivity contribution in [1.82, 2.24) is 14.7 Å². The summed E-state index contributed by atoms with van der Waals surface area (Å²) in [6, 6.07) is 11.9. The van der Waals surface area contributed by atoms with Gasteiger partial charge in [0, 0.05) is 6.07 Å².